The molecule has 28 heavy (non-hydrogen) atoms. The number of ether oxygens (including phenoxy) is 1. The van der Waals surface area contributed by atoms with E-state index in [2.05, 4.69) is 10.2 Å². The number of hydrogen-bond acceptors (Lipinski definition) is 7. The summed E-state index contributed by atoms with van der Waals surface area (Å²) in [5, 5.41) is 8.59. The maximum atomic E-state index is 12.7. The van der Waals surface area contributed by atoms with Gasteiger partial charge in [0.05, 0.1) is 17.8 Å². The van der Waals surface area contributed by atoms with Crippen molar-refractivity contribution in [3.05, 3.63) is 29.3 Å². The zero-order chi connectivity index (χ0) is 20.1. The highest BCUT2D eigenvalue weighted by molar-refractivity contribution is 8.00. The van der Waals surface area contributed by atoms with Crippen LogP contribution in [-0.2, 0) is 14.3 Å². The van der Waals surface area contributed by atoms with Crippen LogP contribution < -0.4 is 0 Å². The molecule has 1 unspecified atom stereocenters. The second-order valence-corrected chi connectivity index (χ2v) is 8.22. The lowest BCUT2D eigenvalue weighted by Gasteiger charge is -2.32. The number of hydrogen-bond donors (Lipinski definition) is 0. The molecule has 1 aromatic heterocycles. The van der Waals surface area contributed by atoms with E-state index >= 15 is 0 Å². The number of esters is 1. The molecular weight excluding hydrogens is 402 g/mol. The van der Waals surface area contributed by atoms with Crippen molar-refractivity contribution in [3.63, 3.8) is 0 Å². The highest BCUT2D eigenvalue weighted by Crippen LogP contribution is 2.29. The van der Waals surface area contributed by atoms with Gasteiger partial charge < -0.3 is 14.1 Å². The minimum atomic E-state index is -0.369. The first-order chi connectivity index (χ1) is 13.5. The third-order valence-corrected chi connectivity index (χ3v) is 5.69. The van der Waals surface area contributed by atoms with E-state index in [1.807, 2.05) is 13.0 Å². The van der Waals surface area contributed by atoms with Gasteiger partial charge in [-0.15, -0.1) is 10.2 Å². The number of rotatable bonds is 6. The van der Waals surface area contributed by atoms with E-state index in [4.69, 9.17) is 20.8 Å². The van der Waals surface area contributed by atoms with E-state index in [1.54, 1.807) is 30.0 Å². The van der Waals surface area contributed by atoms with E-state index in [0.717, 1.165) is 5.56 Å². The molecular formula is C19H22ClN3O4S. The molecule has 7 nitrogen and oxygen atoms in total. The van der Waals surface area contributed by atoms with Crippen LogP contribution in [0.3, 0.4) is 0 Å². The molecule has 0 aliphatic carbocycles. The number of carbonyl (C=O) groups is 2. The minimum absolute atomic E-state index is 0.00480. The monoisotopic (exact) mass is 423 g/mol. The smallest absolute Gasteiger partial charge is 0.309 e. The van der Waals surface area contributed by atoms with Crippen LogP contribution in [0.15, 0.2) is 33.9 Å². The molecule has 1 fully saturated rings. The summed E-state index contributed by atoms with van der Waals surface area (Å²) in [5.41, 5.74) is 0.729. The summed E-state index contributed by atoms with van der Waals surface area (Å²) in [6, 6.07) is 7.14. The Kier molecular flexibility index (Phi) is 6.96. The van der Waals surface area contributed by atoms with Gasteiger partial charge in [0.15, 0.2) is 0 Å². The van der Waals surface area contributed by atoms with Gasteiger partial charge in [-0.05, 0) is 44.9 Å². The normalized spacial score (nSPS) is 16.0. The van der Waals surface area contributed by atoms with Crippen LogP contribution in [-0.4, -0.2) is 51.9 Å². The molecule has 0 spiro atoms. The second-order valence-electron chi connectivity index (χ2n) is 6.50. The van der Waals surface area contributed by atoms with E-state index in [9.17, 15) is 9.59 Å². The van der Waals surface area contributed by atoms with Gasteiger partial charge in [0, 0.05) is 23.7 Å². The molecule has 1 aliphatic rings. The number of piperidine rings is 1. The maximum Gasteiger partial charge on any atom is 0.309 e. The number of thioether (sulfide) groups is 1. The average Bonchev–Trinajstić information content (AvgIpc) is 3.16. The fourth-order valence-electron chi connectivity index (χ4n) is 3.05. The number of benzene rings is 1. The Balaban J connectivity index is 1.54. The molecule has 2 heterocycles. The number of halogens is 1. The Labute approximate surface area is 172 Å². The molecule has 0 radical (unpaired) electrons. The first-order valence-corrected chi connectivity index (χ1v) is 10.4. The van der Waals surface area contributed by atoms with Crippen LogP contribution in [0.4, 0.5) is 0 Å². The zero-order valence-corrected chi connectivity index (χ0v) is 17.3. The van der Waals surface area contributed by atoms with Gasteiger partial charge in [0.25, 0.3) is 5.22 Å². The van der Waals surface area contributed by atoms with Crippen LogP contribution in [0.25, 0.3) is 11.5 Å². The van der Waals surface area contributed by atoms with Crippen molar-refractivity contribution < 1.29 is 18.7 Å². The third kappa shape index (κ3) is 5.05. The summed E-state index contributed by atoms with van der Waals surface area (Å²) >= 11 is 7.21. The number of amides is 1. The molecule has 1 saturated heterocycles. The van der Waals surface area contributed by atoms with Crippen molar-refractivity contribution in [3.8, 4) is 11.5 Å². The molecule has 1 amide bonds. The molecule has 9 heteroatoms. The van der Waals surface area contributed by atoms with E-state index in [0.29, 0.717) is 48.7 Å². The molecule has 0 bridgehead atoms. The topological polar surface area (TPSA) is 85.5 Å². The lowest BCUT2D eigenvalue weighted by Crippen LogP contribution is -2.43. The van der Waals surface area contributed by atoms with Crippen molar-refractivity contribution >= 4 is 35.2 Å². The minimum Gasteiger partial charge on any atom is -0.466 e. The van der Waals surface area contributed by atoms with Crippen LogP contribution in [0.2, 0.25) is 5.02 Å². The van der Waals surface area contributed by atoms with Gasteiger partial charge in [-0.3, -0.25) is 9.59 Å². The molecule has 0 N–H and O–H groups in total. The predicted molar refractivity (Wildman–Crippen MR) is 106 cm³/mol. The Bertz CT molecular complexity index is 836. The van der Waals surface area contributed by atoms with Crippen LogP contribution in [0.1, 0.15) is 26.7 Å². The third-order valence-electron chi connectivity index (χ3n) is 4.53. The highest BCUT2D eigenvalue weighted by Gasteiger charge is 2.31. The number of nitrogens with zero attached hydrogens (tertiary/aromatic N) is 3. The summed E-state index contributed by atoms with van der Waals surface area (Å²) in [6.45, 7) is 5.08. The fraction of sp³-hybridized carbons (Fsp3) is 0.474. The van der Waals surface area contributed by atoms with Crippen LogP contribution in [0.5, 0.6) is 0 Å². The summed E-state index contributed by atoms with van der Waals surface area (Å²) in [4.78, 5) is 26.3. The van der Waals surface area contributed by atoms with Gasteiger partial charge in [0.2, 0.25) is 11.8 Å². The Morgan fingerprint density at radius 1 is 1.36 bits per heavy atom. The molecule has 1 atom stereocenters. The molecule has 1 aliphatic heterocycles. The van der Waals surface area contributed by atoms with Crippen molar-refractivity contribution in [2.75, 3.05) is 19.7 Å². The quantitative estimate of drug-likeness (QED) is 0.517. The van der Waals surface area contributed by atoms with Crippen molar-refractivity contribution in [2.45, 2.75) is 37.2 Å². The lowest BCUT2D eigenvalue weighted by atomic mass is 9.97. The zero-order valence-electron chi connectivity index (χ0n) is 15.8. The Morgan fingerprint density at radius 2 is 2.11 bits per heavy atom. The Morgan fingerprint density at radius 3 is 2.79 bits per heavy atom. The van der Waals surface area contributed by atoms with Gasteiger partial charge in [-0.25, -0.2) is 0 Å². The number of carbonyl (C=O) groups excluding carboxylic acids is 2. The highest BCUT2D eigenvalue weighted by atomic mass is 35.5. The maximum absolute atomic E-state index is 12.7. The standard InChI is InChI=1S/C19H22ClN3O4S/c1-3-26-18(25)13-7-9-23(10-8-13)17(24)12(2)28-19-22-21-16(27-19)14-5-4-6-15(20)11-14/h4-6,11-13H,3,7-10H2,1-2H3. The molecule has 1 aromatic carbocycles. The van der Waals surface area contributed by atoms with Crippen LogP contribution >= 0.6 is 23.4 Å². The SMILES string of the molecule is CCOC(=O)C1CCN(C(=O)C(C)Sc2nnc(-c3cccc(Cl)c3)o2)CC1. The lowest BCUT2D eigenvalue weighted by molar-refractivity contribution is -0.151. The van der Waals surface area contributed by atoms with Crippen LogP contribution in [0, 0.1) is 5.92 Å². The van der Waals surface area contributed by atoms with Crippen molar-refractivity contribution in [2.24, 2.45) is 5.92 Å². The number of aromatic nitrogens is 2. The predicted octanol–water partition coefficient (Wildman–Crippen LogP) is 3.67. The first kappa shape index (κ1) is 20.7. The van der Waals surface area contributed by atoms with Crippen molar-refractivity contribution in [1.82, 2.24) is 15.1 Å². The summed E-state index contributed by atoms with van der Waals surface area (Å²) in [7, 11) is 0. The number of likely N-dealkylation sites (tertiary alicyclic amines) is 1. The van der Waals surface area contributed by atoms with Gasteiger partial charge >= 0.3 is 5.97 Å². The van der Waals surface area contributed by atoms with E-state index < -0.39 is 0 Å². The molecule has 2 aromatic rings. The molecule has 0 saturated carbocycles. The van der Waals surface area contributed by atoms with E-state index in [1.165, 1.54) is 11.8 Å². The largest absolute Gasteiger partial charge is 0.466 e. The van der Waals surface area contributed by atoms with Gasteiger partial charge in [-0.2, -0.15) is 0 Å². The Hall–Kier alpha value is -2.06. The summed E-state index contributed by atoms with van der Waals surface area (Å²) in [5.74, 6) is 0.0642. The van der Waals surface area contributed by atoms with Gasteiger partial charge in [0.1, 0.15) is 0 Å². The van der Waals surface area contributed by atoms with Gasteiger partial charge in [-0.1, -0.05) is 29.4 Å². The molecule has 150 valence electrons. The fourth-order valence-corrected chi connectivity index (χ4v) is 4.01. The summed E-state index contributed by atoms with van der Waals surface area (Å²) in [6.07, 6.45) is 1.25. The summed E-state index contributed by atoms with van der Waals surface area (Å²) < 4.78 is 10.7. The van der Waals surface area contributed by atoms with E-state index in [-0.39, 0.29) is 23.0 Å². The molecule has 3 rings (SSSR count). The van der Waals surface area contributed by atoms with Crippen molar-refractivity contribution in [1.29, 1.82) is 0 Å². The first-order valence-electron chi connectivity index (χ1n) is 9.19. The second kappa shape index (κ2) is 9.43. The average molecular weight is 424 g/mol.